The van der Waals surface area contributed by atoms with Crippen molar-refractivity contribution in [1.29, 1.82) is 0 Å². The lowest BCUT2D eigenvalue weighted by Crippen LogP contribution is -2.13. The van der Waals surface area contributed by atoms with Crippen LogP contribution in [-0.4, -0.2) is 15.0 Å². The summed E-state index contributed by atoms with van der Waals surface area (Å²) in [5.41, 5.74) is 5.95. The van der Waals surface area contributed by atoms with Crippen molar-refractivity contribution in [3.8, 4) is 11.5 Å². The van der Waals surface area contributed by atoms with E-state index in [1.807, 2.05) is 0 Å². The number of nitrogens with one attached hydrogen (secondary N) is 1. The lowest BCUT2D eigenvalue weighted by Gasteiger charge is -2.01. The number of nitrogens with zero attached hydrogens (tertiary/aromatic N) is 2. The fraction of sp³-hybridized carbons (Fsp3) is 0.100. The SMILES string of the molecule is NCc1cc(=O)[nH]c(-c2ccc(F)cn2)n1. The van der Waals surface area contributed by atoms with Gasteiger partial charge in [-0.05, 0) is 12.1 Å². The molecule has 2 aromatic rings. The molecule has 0 atom stereocenters. The van der Waals surface area contributed by atoms with E-state index in [1.54, 1.807) is 0 Å². The van der Waals surface area contributed by atoms with Crippen molar-refractivity contribution in [3.05, 3.63) is 46.3 Å². The van der Waals surface area contributed by atoms with Crippen molar-refractivity contribution in [1.82, 2.24) is 15.0 Å². The summed E-state index contributed by atoms with van der Waals surface area (Å²) in [4.78, 5) is 21.7. The van der Waals surface area contributed by atoms with E-state index in [0.717, 1.165) is 6.20 Å². The fourth-order valence-electron chi connectivity index (χ4n) is 1.25. The average Bonchev–Trinajstić information content (AvgIpc) is 2.29. The van der Waals surface area contributed by atoms with Crippen LogP contribution in [0.15, 0.2) is 29.2 Å². The predicted octanol–water partition coefficient (Wildman–Crippen LogP) is 0.430. The molecule has 6 heteroatoms. The van der Waals surface area contributed by atoms with Crippen molar-refractivity contribution in [2.24, 2.45) is 5.73 Å². The van der Waals surface area contributed by atoms with E-state index < -0.39 is 5.82 Å². The Bertz CT molecular complexity index is 549. The number of hydrogen-bond donors (Lipinski definition) is 2. The normalized spacial score (nSPS) is 10.4. The topological polar surface area (TPSA) is 84.7 Å². The Hall–Kier alpha value is -2.08. The van der Waals surface area contributed by atoms with Crippen molar-refractivity contribution in [2.45, 2.75) is 6.54 Å². The van der Waals surface area contributed by atoms with Gasteiger partial charge in [0.2, 0.25) is 0 Å². The van der Waals surface area contributed by atoms with Gasteiger partial charge in [0.05, 0.1) is 11.9 Å². The molecular formula is C10H9FN4O. The van der Waals surface area contributed by atoms with Gasteiger partial charge in [0.1, 0.15) is 11.5 Å². The van der Waals surface area contributed by atoms with E-state index in [1.165, 1.54) is 18.2 Å². The minimum Gasteiger partial charge on any atom is -0.325 e. The van der Waals surface area contributed by atoms with Crippen LogP contribution in [-0.2, 0) is 6.54 Å². The summed E-state index contributed by atoms with van der Waals surface area (Å²) in [5.74, 6) is -0.158. The highest BCUT2D eigenvalue weighted by molar-refractivity contribution is 5.48. The van der Waals surface area contributed by atoms with Gasteiger partial charge in [-0.1, -0.05) is 0 Å². The van der Waals surface area contributed by atoms with Crippen LogP contribution in [0.25, 0.3) is 11.5 Å². The number of aromatic nitrogens is 3. The number of halogens is 1. The van der Waals surface area contributed by atoms with Gasteiger partial charge >= 0.3 is 0 Å². The first kappa shape index (κ1) is 10.4. The lowest BCUT2D eigenvalue weighted by atomic mass is 10.3. The average molecular weight is 220 g/mol. The van der Waals surface area contributed by atoms with Crippen molar-refractivity contribution < 1.29 is 4.39 Å². The molecule has 0 fully saturated rings. The molecular weight excluding hydrogens is 211 g/mol. The zero-order chi connectivity index (χ0) is 11.5. The van der Waals surface area contributed by atoms with E-state index in [2.05, 4.69) is 15.0 Å². The number of nitrogens with two attached hydrogens (primary N) is 1. The summed E-state index contributed by atoms with van der Waals surface area (Å²) in [6, 6.07) is 4.00. The number of H-pyrrole nitrogens is 1. The molecule has 0 aromatic carbocycles. The molecule has 0 amide bonds. The molecule has 0 aliphatic heterocycles. The molecule has 0 bridgehead atoms. The minimum absolute atomic E-state index is 0.165. The minimum atomic E-state index is -0.443. The molecule has 2 rings (SSSR count). The Morgan fingerprint density at radius 2 is 2.25 bits per heavy atom. The van der Waals surface area contributed by atoms with E-state index in [9.17, 15) is 9.18 Å². The van der Waals surface area contributed by atoms with E-state index in [-0.39, 0.29) is 17.9 Å². The third-order valence-electron chi connectivity index (χ3n) is 1.97. The first-order chi connectivity index (χ1) is 7.69. The van der Waals surface area contributed by atoms with Gasteiger partial charge in [-0.2, -0.15) is 0 Å². The van der Waals surface area contributed by atoms with Crippen LogP contribution in [0.3, 0.4) is 0 Å². The number of hydrogen-bond acceptors (Lipinski definition) is 4. The highest BCUT2D eigenvalue weighted by Gasteiger charge is 2.04. The Balaban J connectivity index is 2.51. The van der Waals surface area contributed by atoms with Crippen molar-refractivity contribution in [2.75, 3.05) is 0 Å². The fourth-order valence-corrected chi connectivity index (χ4v) is 1.25. The predicted molar refractivity (Wildman–Crippen MR) is 55.9 cm³/mol. The van der Waals surface area contributed by atoms with Crippen LogP contribution < -0.4 is 11.3 Å². The highest BCUT2D eigenvalue weighted by atomic mass is 19.1. The number of aromatic amines is 1. The van der Waals surface area contributed by atoms with Crippen LogP contribution in [0, 0.1) is 5.82 Å². The zero-order valence-electron chi connectivity index (χ0n) is 8.27. The molecule has 0 aliphatic carbocycles. The van der Waals surface area contributed by atoms with Gasteiger partial charge in [-0.25, -0.2) is 14.4 Å². The Labute approximate surface area is 90.2 Å². The molecule has 0 unspecified atom stereocenters. The summed E-state index contributed by atoms with van der Waals surface area (Å²) in [7, 11) is 0. The highest BCUT2D eigenvalue weighted by Crippen LogP contribution is 2.10. The number of rotatable bonds is 2. The molecule has 0 saturated carbocycles. The molecule has 82 valence electrons. The van der Waals surface area contributed by atoms with Gasteiger partial charge in [0, 0.05) is 12.6 Å². The monoisotopic (exact) mass is 220 g/mol. The van der Waals surface area contributed by atoms with E-state index in [4.69, 9.17) is 5.73 Å². The smallest absolute Gasteiger partial charge is 0.251 e. The van der Waals surface area contributed by atoms with Crippen LogP contribution in [0.4, 0.5) is 4.39 Å². The van der Waals surface area contributed by atoms with Crippen LogP contribution in [0.1, 0.15) is 5.69 Å². The number of pyridine rings is 1. The maximum atomic E-state index is 12.7. The molecule has 2 aromatic heterocycles. The molecule has 16 heavy (non-hydrogen) atoms. The zero-order valence-corrected chi connectivity index (χ0v) is 8.27. The summed E-state index contributed by atoms with van der Waals surface area (Å²) in [5, 5.41) is 0. The largest absolute Gasteiger partial charge is 0.325 e. The van der Waals surface area contributed by atoms with Crippen molar-refractivity contribution >= 4 is 0 Å². The van der Waals surface area contributed by atoms with E-state index in [0.29, 0.717) is 11.4 Å². The van der Waals surface area contributed by atoms with Gasteiger partial charge in [0.15, 0.2) is 5.82 Å². The van der Waals surface area contributed by atoms with Crippen molar-refractivity contribution in [3.63, 3.8) is 0 Å². The molecule has 2 heterocycles. The Morgan fingerprint density at radius 1 is 1.44 bits per heavy atom. The van der Waals surface area contributed by atoms with Crippen LogP contribution >= 0.6 is 0 Å². The summed E-state index contributed by atoms with van der Waals surface area (Å²) in [6.07, 6.45) is 1.06. The summed E-state index contributed by atoms with van der Waals surface area (Å²) in [6.45, 7) is 0.165. The van der Waals surface area contributed by atoms with E-state index >= 15 is 0 Å². The second kappa shape index (κ2) is 4.19. The van der Waals surface area contributed by atoms with Gasteiger partial charge in [0.25, 0.3) is 5.56 Å². The van der Waals surface area contributed by atoms with Gasteiger partial charge in [-0.15, -0.1) is 0 Å². The maximum absolute atomic E-state index is 12.7. The molecule has 0 saturated heterocycles. The van der Waals surface area contributed by atoms with Gasteiger partial charge < -0.3 is 10.7 Å². The molecule has 0 radical (unpaired) electrons. The first-order valence-electron chi connectivity index (χ1n) is 4.61. The van der Waals surface area contributed by atoms with Crippen LogP contribution in [0.2, 0.25) is 0 Å². The Kier molecular flexibility index (Phi) is 2.74. The quantitative estimate of drug-likeness (QED) is 0.768. The van der Waals surface area contributed by atoms with Gasteiger partial charge in [-0.3, -0.25) is 4.79 Å². The van der Waals surface area contributed by atoms with Crippen LogP contribution in [0.5, 0.6) is 0 Å². The lowest BCUT2D eigenvalue weighted by molar-refractivity contribution is 0.621. The Morgan fingerprint density at radius 3 is 2.88 bits per heavy atom. The standard InChI is InChI=1S/C10H9FN4O/c11-6-1-2-8(13-5-6)10-14-7(4-12)3-9(16)15-10/h1-3,5H,4,12H2,(H,14,15,16). The summed E-state index contributed by atoms with van der Waals surface area (Å²) < 4.78 is 12.7. The molecule has 5 nitrogen and oxygen atoms in total. The third kappa shape index (κ3) is 2.12. The molecule has 0 spiro atoms. The second-order valence-electron chi connectivity index (χ2n) is 3.15. The molecule has 3 N–H and O–H groups in total. The molecule has 0 aliphatic rings. The third-order valence-corrected chi connectivity index (χ3v) is 1.97. The second-order valence-corrected chi connectivity index (χ2v) is 3.15. The first-order valence-corrected chi connectivity index (χ1v) is 4.61. The maximum Gasteiger partial charge on any atom is 0.251 e. The summed E-state index contributed by atoms with van der Waals surface area (Å²) >= 11 is 0.